The van der Waals surface area contributed by atoms with Crippen molar-refractivity contribution >= 4 is 74.8 Å². The number of primary amides is 2. The van der Waals surface area contributed by atoms with Gasteiger partial charge in [0.15, 0.2) is 9.84 Å². The summed E-state index contributed by atoms with van der Waals surface area (Å²) >= 11 is 1.44. The Morgan fingerprint density at radius 1 is 0.761 bits per heavy atom. The van der Waals surface area contributed by atoms with Gasteiger partial charge < -0.3 is 52.8 Å². The van der Waals surface area contributed by atoms with Crippen LogP contribution in [0.15, 0.2) is 59.5 Å². The van der Waals surface area contributed by atoms with Gasteiger partial charge in [-0.3, -0.25) is 43.2 Å². The average Bonchev–Trinajstić information content (AvgIpc) is 3.76. The van der Waals surface area contributed by atoms with Crippen LogP contribution in [-0.4, -0.2) is 132 Å². The van der Waals surface area contributed by atoms with Gasteiger partial charge in [0.05, 0.1) is 23.5 Å². The van der Waals surface area contributed by atoms with E-state index in [0.29, 0.717) is 30.1 Å². The van der Waals surface area contributed by atoms with Gasteiger partial charge in [-0.15, -0.1) is 0 Å². The summed E-state index contributed by atoms with van der Waals surface area (Å²) in [5.41, 5.74) is 10.8. The topological polar surface area (TPSA) is 333 Å². The van der Waals surface area contributed by atoms with Gasteiger partial charge in [0, 0.05) is 13.0 Å². The zero-order valence-electron chi connectivity index (χ0n) is 38.0. The van der Waals surface area contributed by atoms with Crippen LogP contribution in [0.25, 0.3) is 0 Å². The quantitative estimate of drug-likeness (QED) is 0.0539. The lowest BCUT2D eigenvalue weighted by molar-refractivity contribution is -0.142. The Labute approximate surface area is 393 Å². The lowest BCUT2D eigenvalue weighted by Crippen LogP contribution is -2.59. The lowest BCUT2D eigenvalue weighted by Gasteiger charge is -2.29. The van der Waals surface area contributed by atoms with Gasteiger partial charge >= 0.3 is 5.97 Å². The highest BCUT2D eigenvalue weighted by Crippen LogP contribution is 2.24. The van der Waals surface area contributed by atoms with Crippen molar-refractivity contribution in [3.05, 3.63) is 54.6 Å². The molecule has 3 rings (SSSR count). The maximum absolute atomic E-state index is 13.7. The Hall–Kier alpha value is -6.23. The Bertz CT molecular complexity index is 2180. The molecule has 8 amide bonds. The number of ether oxygens (including phenoxy) is 1. The number of hydrogen-bond acceptors (Lipinski definition) is 13. The SMILES string of the molecule is CSCC[C@H](NC(=O)[C@H](CC(C)C)NC(=O)[C@H](C)NC(=O)[C@H](CC(=O)O)NC(=O)[C@H](CC(N)=O)NC(=O)CCCCS(=O)(=O)c1ccc(Oc2ccccc2)cc1)C(=O)N1CCC[C@H]1C(N)=O. The molecule has 6 atom stereocenters. The van der Waals surface area contributed by atoms with Gasteiger partial charge in [0.25, 0.3) is 0 Å². The fraction of sp³-hybridized carbons (Fsp3) is 0.523. The number of carboxylic acid groups (broad SMARTS) is 1. The molecular weight excluding hydrogens is 913 g/mol. The van der Waals surface area contributed by atoms with Crippen molar-refractivity contribution in [2.45, 2.75) is 120 Å². The van der Waals surface area contributed by atoms with Crippen LogP contribution in [0, 0.1) is 5.92 Å². The Morgan fingerprint density at radius 2 is 1.34 bits per heavy atom. The third-order valence-corrected chi connectivity index (χ3v) is 12.9. The molecule has 67 heavy (non-hydrogen) atoms. The van der Waals surface area contributed by atoms with Gasteiger partial charge in [-0.05, 0) is 99.8 Å². The van der Waals surface area contributed by atoms with E-state index in [4.69, 9.17) is 16.2 Å². The minimum atomic E-state index is -3.74. The number of para-hydroxylation sites is 1. The van der Waals surface area contributed by atoms with Crippen LogP contribution in [0.2, 0.25) is 0 Å². The van der Waals surface area contributed by atoms with Gasteiger partial charge in [0.1, 0.15) is 47.8 Å². The summed E-state index contributed by atoms with van der Waals surface area (Å²) in [5.74, 6) is -7.28. The minimum Gasteiger partial charge on any atom is -0.481 e. The summed E-state index contributed by atoms with van der Waals surface area (Å²) in [7, 11) is -3.74. The molecule has 0 aromatic heterocycles. The molecule has 21 nitrogen and oxygen atoms in total. The molecule has 368 valence electrons. The van der Waals surface area contributed by atoms with E-state index in [0.717, 1.165) is 0 Å². The zero-order valence-corrected chi connectivity index (χ0v) is 39.6. The number of thioether (sulfide) groups is 1. The number of aliphatic carboxylic acids is 1. The molecule has 0 unspecified atom stereocenters. The van der Waals surface area contributed by atoms with E-state index < -0.39 is 112 Å². The van der Waals surface area contributed by atoms with Gasteiger partial charge in [-0.25, -0.2) is 8.42 Å². The monoisotopic (exact) mass is 974 g/mol. The highest BCUT2D eigenvalue weighted by atomic mass is 32.2. The van der Waals surface area contributed by atoms with E-state index in [9.17, 15) is 56.7 Å². The third kappa shape index (κ3) is 18.5. The number of nitrogens with two attached hydrogens (primary N) is 2. The van der Waals surface area contributed by atoms with E-state index in [-0.39, 0.29) is 55.2 Å². The number of amides is 8. The van der Waals surface area contributed by atoms with Crippen LogP contribution in [0.1, 0.15) is 78.6 Å². The zero-order chi connectivity index (χ0) is 49.8. The number of carbonyl (C=O) groups is 9. The van der Waals surface area contributed by atoms with E-state index in [1.54, 1.807) is 38.1 Å². The molecule has 1 aliphatic heterocycles. The standard InChI is InChI=1S/C44H62N8O13S2/c1-26(2)23-32(42(60)49-31(19-21-66-4)44(62)52-20-10-13-35(52)39(46)57)50-40(58)27(3)47-41(59)34(25-38(55)56)51-43(61)33(24-36(45)53)48-37(54)14-8-9-22-67(63,64)30-17-15-29(16-18-30)65-28-11-6-5-7-12-28/h5-7,11-12,15-18,26-27,31-35H,8-10,13-14,19-25H2,1-4H3,(H2,45,53)(H2,46,57)(H,47,59)(H,48,54)(H,49,60)(H,50,58)(H,51,61)(H,55,56)/t27-,31-,32-,33-,34-,35-/m0/s1. The fourth-order valence-corrected chi connectivity index (χ4v) is 8.88. The van der Waals surface area contributed by atoms with Crippen LogP contribution in [0.3, 0.4) is 0 Å². The van der Waals surface area contributed by atoms with Crippen LogP contribution in [0.5, 0.6) is 11.5 Å². The number of carboxylic acids is 1. The number of rotatable bonds is 28. The molecule has 1 aliphatic rings. The molecular formula is C44H62N8O13S2. The summed E-state index contributed by atoms with van der Waals surface area (Å²) in [6, 6.07) is 6.81. The molecule has 0 aliphatic carbocycles. The smallest absolute Gasteiger partial charge is 0.305 e. The van der Waals surface area contributed by atoms with Crippen molar-refractivity contribution in [3.8, 4) is 11.5 Å². The molecule has 2 aromatic rings. The van der Waals surface area contributed by atoms with Gasteiger partial charge in [0.2, 0.25) is 47.3 Å². The molecule has 2 aromatic carbocycles. The highest BCUT2D eigenvalue weighted by Gasteiger charge is 2.38. The Morgan fingerprint density at radius 3 is 1.94 bits per heavy atom. The Balaban J connectivity index is 1.60. The maximum atomic E-state index is 13.7. The molecule has 1 saturated heterocycles. The van der Waals surface area contributed by atoms with Crippen LogP contribution >= 0.6 is 11.8 Å². The van der Waals surface area contributed by atoms with E-state index in [1.807, 2.05) is 12.3 Å². The molecule has 23 heteroatoms. The summed E-state index contributed by atoms with van der Waals surface area (Å²) in [5, 5.41) is 21.7. The fourth-order valence-electron chi connectivity index (χ4n) is 7.04. The largest absolute Gasteiger partial charge is 0.481 e. The van der Waals surface area contributed by atoms with Crippen molar-refractivity contribution in [2.75, 3.05) is 24.3 Å². The molecule has 10 N–H and O–H groups in total. The second-order valence-corrected chi connectivity index (χ2v) is 19.6. The number of sulfone groups is 1. The number of hydrogen-bond donors (Lipinski definition) is 8. The van der Waals surface area contributed by atoms with Crippen LogP contribution in [0.4, 0.5) is 0 Å². The van der Waals surface area contributed by atoms with Crippen LogP contribution < -0.4 is 42.8 Å². The predicted molar refractivity (Wildman–Crippen MR) is 247 cm³/mol. The summed E-state index contributed by atoms with van der Waals surface area (Å²) in [4.78, 5) is 117. The lowest BCUT2D eigenvalue weighted by atomic mass is 10.0. The molecule has 1 fully saturated rings. The van der Waals surface area contributed by atoms with Crippen molar-refractivity contribution in [2.24, 2.45) is 17.4 Å². The molecule has 0 spiro atoms. The first kappa shape index (κ1) is 55.1. The Kier molecular flexibility index (Phi) is 22.0. The van der Waals surface area contributed by atoms with Crippen molar-refractivity contribution in [3.63, 3.8) is 0 Å². The average molecular weight is 975 g/mol. The van der Waals surface area contributed by atoms with Gasteiger partial charge in [-0.1, -0.05) is 32.0 Å². The summed E-state index contributed by atoms with van der Waals surface area (Å²) < 4.78 is 31.6. The normalized spacial score (nSPS) is 15.8. The molecule has 1 heterocycles. The van der Waals surface area contributed by atoms with E-state index in [1.165, 1.54) is 47.9 Å². The molecule has 0 bridgehead atoms. The van der Waals surface area contributed by atoms with Crippen LogP contribution in [-0.2, 0) is 53.0 Å². The first-order valence-corrected chi connectivity index (χ1v) is 24.8. The second-order valence-electron chi connectivity index (χ2n) is 16.5. The second kappa shape index (κ2) is 26.8. The highest BCUT2D eigenvalue weighted by molar-refractivity contribution is 7.98. The number of benzene rings is 2. The summed E-state index contributed by atoms with van der Waals surface area (Å²) in [6.07, 6.45) is 1.21. The van der Waals surface area contributed by atoms with Crippen molar-refractivity contribution < 1.29 is 61.4 Å². The first-order chi connectivity index (χ1) is 31.6. The van der Waals surface area contributed by atoms with E-state index >= 15 is 0 Å². The van der Waals surface area contributed by atoms with Crippen molar-refractivity contribution in [1.29, 1.82) is 0 Å². The molecule has 0 saturated carbocycles. The summed E-state index contributed by atoms with van der Waals surface area (Å²) in [6.45, 7) is 5.12. The minimum absolute atomic E-state index is 0.0453. The van der Waals surface area contributed by atoms with E-state index in [2.05, 4.69) is 26.6 Å². The number of nitrogens with one attached hydrogen (secondary N) is 5. The number of carbonyl (C=O) groups excluding carboxylic acids is 8. The number of unbranched alkanes of at least 4 members (excludes halogenated alkanes) is 1. The number of nitrogens with zero attached hydrogens (tertiary/aromatic N) is 1. The maximum Gasteiger partial charge on any atom is 0.305 e. The predicted octanol–water partition coefficient (Wildman–Crippen LogP) is 0.492. The molecule has 0 radical (unpaired) electrons. The van der Waals surface area contributed by atoms with Gasteiger partial charge in [-0.2, -0.15) is 11.8 Å². The third-order valence-electron chi connectivity index (χ3n) is 10.5. The number of likely N-dealkylation sites (tertiary alicyclic amines) is 1. The first-order valence-electron chi connectivity index (χ1n) is 21.8. The van der Waals surface area contributed by atoms with Crippen molar-refractivity contribution in [1.82, 2.24) is 31.5 Å².